The molecule has 0 fully saturated rings. The van der Waals surface area contributed by atoms with Crippen molar-refractivity contribution in [3.63, 3.8) is 0 Å². The first-order valence-electron chi connectivity index (χ1n) is 6.29. The van der Waals surface area contributed by atoms with E-state index in [1.54, 1.807) is 11.9 Å². The Hall–Kier alpha value is -2.04. The molecule has 0 aromatic heterocycles. The van der Waals surface area contributed by atoms with E-state index in [2.05, 4.69) is 11.2 Å². The largest absolute Gasteiger partial charge is 0.409 e. The summed E-state index contributed by atoms with van der Waals surface area (Å²) in [5, 5.41) is 11.3. The summed E-state index contributed by atoms with van der Waals surface area (Å²) in [6.45, 7) is 2.50. The van der Waals surface area contributed by atoms with Gasteiger partial charge in [0.1, 0.15) is 5.84 Å². The van der Waals surface area contributed by atoms with Crippen LogP contribution in [0.3, 0.4) is 0 Å². The summed E-state index contributed by atoms with van der Waals surface area (Å²) in [6.07, 6.45) is 1.58. The van der Waals surface area contributed by atoms with Crippen molar-refractivity contribution in [2.75, 3.05) is 13.6 Å². The topological polar surface area (TPSA) is 78.9 Å². The molecule has 0 spiro atoms. The zero-order chi connectivity index (χ0) is 14.3. The first kappa shape index (κ1) is 15.0. The van der Waals surface area contributed by atoms with Crippen molar-refractivity contribution in [2.24, 2.45) is 10.9 Å². The standard InChI is InChI=1S/C14H21N3O2/c1-11-4-3-5-12(10-11)6-7-14(18)17(2)9-8-13(15)16-19/h3-5,10,19H,6-9H2,1-2H3,(H2,15,16). The Labute approximate surface area is 113 Å². The van der Waals surface area contributed by atoms with Crippen LogP contribution >= 0.6 is 0 Å². The summed E-state index contributed by atoms with van der Waals surface area (Å²) in [4.78, 5) is 13.5. The predicted octanol–water partition coefficient (Wildman–Crippen LogP) is 1.52. The third kappa shape index (κ3) is 5.42. The van der Waals surface area contributed by atoms with Gasteiger partial charge in [0.05, 0.1) is 0 Å². The first-order valence-corrected chi connectivity index (χ1v) is 6.29. The Morgan fingerprint density at radius 3 is 2.79 bits per heavy atom. The second kappa shape index (κ2) is 7.41. The van der Waals surface area contributed by atoms with Crippen LogP contribution in [0.2, 0.25) is 0 Å². The minimum atomic E-state index is 0.0623. The summed E-state index contributed by atoms with van der Waals surface area (Å²) in [5.41, 5.74) is 7.73. The number of amides is 1. The molecule has 0 aliphatic heterocycles. The smallest absolute Gasteiger partial charge is 0.222 e. The number of benzene rings is 1. The van der Waals surface area contributed by atoms with Gasteiger partial charge < -0.3 is 15.8 Å². The molecular weight excluding hydrogens is 242 g/mol. The van der Waals surface area contributed by atoms with E-state index in [0.717, 1.165) is 12.0 Å². The van der Waals surface area contributed by atoms with Gasteiger partial charge in [-0.2, -0.15) is 0 Å². The van der Waals surface area contributed by atoms with Crippen molar-refractivity contribution in [2.45, 2.75) is 26.2 Å². The number of aryl methyl sites for hydroxylation is 2. The molecular formula is C14H21N3O2. The maximum Gasteiger partial charge on any atom is 0.222 e. The van der Waals surface area contributed by atoms with Gasteiger partial charge in [0.2, 0.25) is 5.91 Å². The third-order valence-corrected chi connectivity index (χ3v) is 2.97. The zero-order valence-corrected chi connectivity index (χ0v) is 11.5. The summed E-state index contributed by atoms with van der Waals surface area (Å²) >= 11 is 0. The molecule has 0 radical (unpaired) electrons. The van der Waals surface area contributed by atoms with Crippen LogP contribution in [-0.2, 0) is 11.2 Å². The second-order valence-corrected chi connectivity index (χ2v) is 4.65. The van der Waals surface area contributed by atoms with Gasteiger partial charge in [-0.1, -0.05) is 35.0 Å². The SMILES string of the molecule is Cc1cccc(CCC(=O)N(C)CCC(N)=NO)c1. The zero-order valence-electron chi connectivity index (χ0n) is 11.5. The normalized spacial score (nSPS) is 11.4. The van der Waals surface area contributed by atoms with Crippen molar-refractivity contribution >= 4 is 11.7 Å². The average Bonchev–Trinajstić information content (AvgIpc) is 2.41. The van der Waals surface area contributed by atoms with Crippen molar-refractivity contribution in [3.05, 3.63) is 35.4 Å². The number of hydrogen-bond acceptors (Lipinski definition) is 3. The minimum absolute atomic E-state index is 0.0623. The van der Waals surface area contributed by atoms with Gasteiger partial charge in [0, 0.05) is 26.4 Å². The van der Waals surface area contributed by atoms with Gasteiger partial charge >= 0.3 is 0 Å². The van der Waals surface area contributed by atoms with Crippen LogP contribution in [-0.4, -0.2) is 35.4 Å². The van der Waals surface area contributed by atoms with Crippen LogP contribution < -0.4 is 5.73 Å². The summed E-state index contributed by atoms with van der Waals surface area (Å²) in [6, 6.07) is 8.14. The summed E-state index contributed by atoms with van der Waals surface area (Å²) in [7, 11) is 1.73. The molecule has 5 nitrogen and oxygen atoms in total. The van der Waals surface area contributed by atoms with Gasteiger partial charge in [0.15, 0.2) is 0 Å². The van der Waals surface area contributed by atoms with Gasteiger partial charge in [-0.15, -0.1) is 0 Å². The Bertz CT molecular complexity index is 458. The fraction of sp³-hybridized carbons (Fsp3) is 0.429. The molecule has 0 aliphatic rings. The molecule has 0 atom stereocenters. The lowest BCUT2D eigenvalue weighted by Gasteiger charge is -2.16. The average molecular weight is 263 g/mol. The lowest BCUT2D eigenvalue weighted by molar-refractivity contribution is -0.129. The maximum absolute atomic E-state index is 11.9. The Kier molecular flexibility index (Phi) is 5.85. The highest BCUT2D eigenvalue weighted by Gasteiger charge is 2.09. The molecule has 5 heteroatoms. The molecule has 0 unspecified atom stereocenters. The molecule has 104 valence electrons. The maximum atomic E-state index is 11.9. The van der Waals surface area contributed by atoms with Crippen molar-refractivity contribution < 1.29 is 10.0 Å². The van der Waals surface area contributed by atoms with E-state index in [1.165, 1.54) is 5.56 Å². The van der Waals surface area contributed by atoms with Crippen LogP contribution in [0.4, 0.5) is 0 Å². The minimum Gasteiger partial charge on any atom is -0.409 e. The third-order valence-electron chi connectivity index (χ3n) is 2.97. The molecule has 1 amide bonds. The summed E-state index contributed by atoms with van der Waals surface area (Å²) in [5.74, 6) is 0.200. The van der Waals surface area contributed by atoms with Crippen LogP contribution in [0, 0.1) is 6.92 Å². The Morgan fingerprint density at radius 2 is 2.16 bits per heavy atom. The van der Waals surface area contributed by atoms with Gasteiger partial charge in [-0.05, 0) is 18.9 Å². The Balaban J connectivity index is 2.38. The number of carbonyl (C=O) groups excluding carboxylic acids is 1. The highest BCUT2D eigenvalue weighted by molar-refractivity contribution is 5.81. The predicted molar refractivity (Wildman–Crippen MR) is 75.2 cm³/mol. The number of rotatable bonds is 6. The molecule has 0 saturated heterocycles. The van der Waals surface area contributed by atoms with E-state index >= 15 is 0 Å². The number of hydrogen-bond donors (Lipinski definition) is 2. The van der Waals surface area contributed by atoms with E-state index < -0.39 is 0 Å². The highest BCUT2D eigenvalue weighted by atomic mass is 16.4. The number of nitrogens with zero attached hydrogens (tertiary/aromatic N) is 2. The van der Waals surface area contributed by atoms with E-state index in [4.69, 9.17) is 10.9 Å². The van der Waals surface area contributed by atoms with Crippen molar-refractivity contribution in [3.8, 4) is 0 Å². The number of nitrogens with two attached hydrogens (primary N) is 1. The molecule has 0 heterocycles. The molecule has 1 rings (SSSR count). The van der Waals surface area contributed by atoms with Gasteiger partial charge in [-0.3, -0.25) is 4.79 Å². The van der Waals surface area contributed by atoms with E-state index in [0.29, 0.717) is 19.4 Å². The van der Waals surface area contributed by atoms with Crippen LogP contribution in [0.5, 0.6) is 0 Å². The monoisotopic (exact) mass is 263 g/mol. The van der Waals surface area contributed by atoms with Gasteiger partial charge in [-0.25, -0.2) is 0 Å². The van der Waals surface area contributed by atoms with E-state index in [9.17, 15) is 4.79 Å². The van der Waals surface area contributed by atoms with Crippen LogP contribution in [0.1, 0.15) is 24.0 Å². The molecule has 3 N–H and O–H groups in total. The molecule has 19 heavy (non-hydrogen) atoms. The van der Waals surface area contributed by atoms with E-state index in [-0.39, 0.29) is 11.7 Å². The molecule has 0 bridgehead atoms. The van der Waals surface area contributed by atoms with Crippen molar-refractivity contribution in [1.82, 2.24) is 4.90 Å². The highest BCUT2D eigenvalue weighted by Crippen LogP contribution is 2.07. The van der Waals surface area contributed by atoms with E-state index in [1.807, 2.05) is 25.1 Å². The lowest BCUT2D eigenvalue weighted by atomic mass is 10.1. The second-order valence-electron chi connectivity index (χ2n) is 4.65. The first-order chi connectivity index (χ1) is 9.02. The molecule has 1 aromatic carbocycles. The number of amidine groups is 1. The van der Waals surface area contributed by atoms with Crippen molar-refractivity contribution in [1.29, 1.82) is 0 Å². The fourth-order valence-corrected chi connectivity index (χ4v) is 1.77. The number of oxime groups is 1. The summed E-state index contributed by atoms with van der Waals surface area (Å²) < 4.78 is 0. The number of carbonyl (C=O) groups is 1. The fourth-order valence-electron chi connectivity index (χ4n) is 1.77. The van der Waals surface area contributed by atoms with Gasteiger partial charge in [0.25, 0.3) is 0 Å². The lowest BCUT2D eigenvalue weighted by Crippen LogP contribution is -2.30. The molecule has 0 saturated carbocycles. The quantitative estimate of drug-likeness (QED) is 0.353. The van der Waals surface area contributed by atoms with Crippen LogP contribution in [0.15, 0.2) is 29.4 Å². The molecule has 1 aromatic rings. The van der Waals surface area contributed by atoms with Crippen LogP contribution in [0.25, 0.3) is 0 Å². The Morgan fingerprint density at radius 1 is 1.42 bits per heavy atom. The molecule has 0 aliphatic carbocycles.